The van der Waals surface area contributed by atoms with Crippen LogP contribution >= 0.6 is 0 Å². The van der Waals surface area contributed by atoms with Gasteiger partial charge in [0.25, 0.3) is 5.91 Å². The Balaban J connectivity index is 1.81. The zero-order valence-corrected chi connectivity index (χ0v) is 12.6. The molecule has 1 aromatic carbocycles. The summed E-state index contributed by atoms with van der Waals surface area (Å²) in [4.78, 5) is 13.7. The summed E-state index contributed by atoms with van der Waals surface area (Å²) in [6.07, 6.45) is 0.392. The lowest BCUT2D eigenvalue weighted by Gasteiger charge is -2.34. The number of rotatable bonds is 5. The molecule has 0 spiro atoms. The molecule has 21 heavy (non-hydrogen) atoms. The topological polar surface area (TPSA) is 59.0 Å². The molecule has 5 heteroatoms. The largest absolute Gasteiger partial charge is 0.494 e. The van der Waals surface area contributed by atoms with E-state index < -0.39 is 6.10 Å². The molecule has 1 amide bonds. The number of hydrogen-bond donors (Lipinski definition) is 1. The monoisotopic (exact) mass is 293 g/mol. The molecule has 0 radical (unpaired) electrons. The van der Waals surface area contributed by atoms with Gasteiger partial charge in [0.1, 0.15) is 11.5 Å². The fourth-order valence-electron chi connectivity index (χ4n) is 2.31. The number of amides is 1. The number of nitrogens with zero attached hydrogens (tertiary/aromatic N) is 1. The van der Waals surface area contributed by atoms with Crippen LogP contribution in [0.5, 0.6) is 11.5 Å². The Hall–Kier alpha value is -1.75. The van der Waals surface area contributed by atoms with Crippen LogP contribution in [0.25, 0.3) is 0 Å². The Bertz CT molecular complexity index is 460. The summed E-state index contributed by atoms with van der Waals surface area (Å²) in [5, 5.41) is 9.81. The minimum atomic E-state index is -0.437. The number of piperidine rings is 1. The Kier molecular flexibility index (Phi) is 5.44. The van der Waals surface area contributed by atoms with E-state index in [0.717, 1.165) is 12.2 Å². The number of hydrogen-bond acceptors (Lipinski definition) is 4. The number of likely N-dealkylation sites (tertiary alicyclic amines) is 1. The van der Waals surface area contributed by atoms with E-state index in [-0.39, 0.29) is 18.4 Å². The van der Waals surface area contributed by atoms with Crippen LogP contribution in [0.1, 0.15) is 20.3 Å². The molecular weight excluding hydrogens is 270 g/mol. The molecule has 2 rings (SSSR count). The minimum Gasteiger partial charge on any atom is -0.494 e. The van der Waals surface area contributed by atoms with Crippen molar-refractivity contribution in [2.75, 3.05) is 26.3 Å². The normalized spacial score (nSPS) is 22.0. The van der Waals surface area contributed by atoms with Gasteiger partial charge in [0.15, 0.2) is 6.61 Å². The maximum absolute atomic E-state index is 12.1. The minimum absolute atomic E-state index is 0.00488. The molecule has 2 unspecified atom stereocenters. The summed E-state index contributed by atoms with van der Waals surface area (Å²) in [5.41, 5.74) is 0. The number of ether oxygens (including phenoxy) is 2. The highest BCUT2D eigenvalue weighted by atomic mass is 16.5. The molecule has 0 aliphatic carbocycles. The summed E-state index contributed by atoms with van der Waals surface area (Å²) in [5.74, 6) is 1.58. The van der Waals surface area contributed by atoms with Crippen molar-refractivity contribution in [3.05, 3.63) is 24.3 Å². The van der Waals surface area contributed by atoms with Crippen molar-refractivity contribution in [2.24, 2.45) is 5.92 Å². The average molecular weight is 293 g/mol. The molecule has 1 fully saturated rings. The predicted octanol–water partition coefficient (Wildman–Crippen LogP) is 1.69. The van der Waals surface area contributed by atoms with Gasteiger partial charge in [0.2, 0.25) is 0 Å². The number of carbonyl (C=O) groups excluding carboxylic acids is 1. The lowest BCUT2D eigenvalue weighted by molar-refractivity contribution is -0.137. The Morgan fingerprint density at radius 1 is 1.29 bits per heavy atom. The predicted molar refractivity (Wildman–Crippen MR) is 79.5 cm³/mol. The number of carbonyl (C=O) groups is 1. The van der Waals surface area contributed by atoms with E-state index in [2.05, 4.69) is 0 Å². The Morgan fingerprint density at radius 2 is 1.90 bits per heavy atom. The molecule has 116 valence electrons. The third-order valence-corrected chi connectivity index (χ3v) is 3.77. The maximum atomic E-state index is 12.1. The summed E-state index contributed by atoms with van der Waals surface area (Å²) in [6, 6.07) is 7.20. The highest BCUT2D eigenvalue weighted by Crippen LogP contribution is 2.19. The summed E-state index contributed by atoms with van der Waals surface area (Å²) in [6.45, 7) is 5.62. The standard InChI is InChI=1S/C16H23NO4/c1-3-20-13-4-6-14(7-5-13)21-11-16(19)17-9-8-12(2)15(18)10-17/h4-7,12,15,18H,3,8-11H2,1-2H3. The second-order valence-corrected chi connectivity index (χ2v) is 5.37. The van der Waals surface area contributed by atoms with Crippen LogP contribution in [0.4, 0.5) is 0 Å². The molecule has 5 nitrogen and oxygen atoms in total. The van der Waals surface area contributed by atoms with Gasteiger partial charge in [-0.25, -0.2) is 0 Å². The zero-order valence-electron chi connectivity index (χ0n) is 12.6. The molecule has 1 saturated heterocycles. The Labute approximate surface area is 125 Å². The molecule has 0 aromatic heterocycles. The van der Waals surface area contributed by atoms with Crippen molar-refractivity contribution in [3.8, 4) is 11.5 Å². The van der Waals surface area contributed by atoms with Crippen molar-refractivity contribution >= 4 is 5.91 Å². The second-order valence-electron chi connectivity index (χ2n) is 5.37. The van der Waals surface area contributed by atoms with Crippen molar-refractivity contribution in [1.29, 1.82) is 0 Å². The molecule has 2 atom stereocenters. The van der Waals surface area contributed by atoms with Crippen LogP contribution in [-0.2, 0) is 4.79 Å². The van der Waals surface area contributed by atoms with Gasteiger partial charge in [0, 0.05) is 13.1 Å². The smallest absolute Gasteiger partial charge is 0.260 e. The lowest BCUT2D eigenvalue weighted by atomic mass is 9.96. The van der Waals surface area contributed by atoms with Crippen molar-refractivity contribution in [1.82, 2.24) is 4.90 Å². The van der Waals surface area contributed by atoms with Crippen LogP contribution in [0, 0.1) is 5.92 Å². The number of aliphatic hydroxyl groups excluding tert-OH is 1. The third kappa shape index (κ3) is 4.36. The highest BCUT2D eigenvalue weighted by molar-refractivity contribution is 5.77. The molecule has 1 N–H and O–H groups in total. The summed E-state index contributed by atoms with van der Waals surface area (Å²) in [7, 11) is 0. The molecule has 0 saturated carbocycles. The van der Waals surface area contributed by atoms with Crippen LogP contribution in [0.3, 0.4) is 0 Å². The van der Waals surface area contributed by atoms with E-state index in [4.69, 9.17) is 9.47 Å². The first-order chi connectivity index (χ1) is 10.1. The van der Waals surface area contributed by atoms with Gasteiger partial charge in [-0.15, -0.1) is 0 Å². The molecular formula is C16H23NO4. The van der Waals surface area contributed by atoms with E-state index in [1.54, 1.807) is 17.0 Å². The fraction of sp³-hybridized carbons (Fsp3) is 0.562. The van der Waals surface area contributed by atoms with Crippen LogP contribution < -0.4 is 9.47 Å². The molecule has 1 heterocycles. The number of aliphatic hydroxyl groups is 1. The Morgan fingerprint density at radius 3 is 2.48 bits per heavy atom. The van der Waals surface area contributed by atoms with Gasteiger partial charge in [-0.2, -0.15) is 0 Å². The van der Waals surface area contributed by atoms with Gasteiger partial charge in [-0.3, -0.25) is 4.79 Å². The van der Waals surface area contributed by atoms with Gasteiger partial charge in [0.05, 0.1) is 12.7 Å². The fourth-order valence-corrected chi connectivity index (χ4v) is 2.31. The van der Waals surface area contributed by atoms with Crippen LogP contribution in [0.15, 0.2) is 24.3 Å². The van der Waals surface area contributed by atoms with Crippen molar-refractivity contribution < 1.29 is 19.4 Å². The van der Waals surface area contributed by atoms with Gasteiger partial charge in [-0.05, 0) is 43.5 Å². The average Bonchev–Trinajstić information content (AvgIpc) is 2.49. The molecule has 0 bridgehead atoms. The number of β-amino-alcohol motifs (C(OH)–C–C–N with tert-alkyl or cyclic N) is 1. The van der Waals surface area contributed by atoms with Gasteiger partial charge >= 0.3 is 0 Å². The summed E-state index contributed by atoms with van der Waals surface area (Å²) >= 11 is 0. The first kappa shape index (κ1) is 15.6. The van der Waals surface area contributed by atoms with E-state index in [0.29, 0.717) is 25.4 Å². The first-order valence-electron chi connectivity index (χ1n) is 7.41. The van der Waals surface area contributed by atoms with Gasteiger partial charge < -0.3 is 19.5 Å². The van der Waals surface area contributed by atoms with Crippen LogP contribution in [-0.4, -0.2) is 48.3 Å². The van der Waals surface area contributed by atoms with Crippen LogP contribution in [0.2, 0.25) is 0 Å². The zero-order chi connectivity index (χ0) is 15.2. The van der Waals surface area contributed by atoms with E-state index in [1.165, 1.54) is 0 Å². The van der Waals surface area contributed by atoms with E-state index in [1.807, 2.05) is 26.0 Å². The quantitative estimate of drug-likeness (QED) is 0.897. The molecule has 1 aliphatic rings. The van der Waals surface area contributed by atoms with E-state index >= 15 is 0 Å². The highest BCUT2D eigenvalue weighted by Gasteiger charge is 2.27. The lowest BCUT2D eigenvalue weighted by Crippen LogP contribution is -2.47. The maximum Gasteiger partial charge on any atom is 0.260 e. The number of benzene rings is 1. The van der Waals surface area contributed by atoms with Crippen molar-refractivity contribution in [3.63, 3.8) is 0 Å². The third-order valence-electron chi connectivity index (χ3n) is 3.77. The first-order valence-corrected chi connectivity index (χ1v) is 7.41. The SMILES string of the molecule is CCOc1ccc(OCC(=O)N2CCC(C)C(O)C2)cc1. The van der Waals surface area contributed by atoms with E-state index in [9.17, 15) is 9.90 Å². The van der Waals surface area contributed by atoms with Crippen molar-refractivity contribution in [2.45, 2.75) is 26.4 Å². The second kappa shape index (κ2) is 7.31. The summed E-state index contributed by atoms with van der Waals surface area (Å²) < 4.78 is 10.8. The van der Waals surface area contributed by atoms with Gasteiger partial charge in [-0.1, -0.05) is 6.92 Å². The molecule has 1 aromatic rings. The molecule has 1 aliphatic heterocycles.